The molecule has 0 amide bonds. The Balaban J connectivity index is 1.93. The number of furan rings is 1. The molecule has 0 aliphatic rings. The molecule has 1 aromatic rings. The summed E-state index contributed by atoms with van der Waals surface area (Å²) in [4.78, 5) is 0. The Kier molecular flexibility index (Phi) is 6.63. The van der Waals surface area contributed by atoms with Gasteiger partial charge in [0.05, 0.1) is 18.9 Å². The minimum Gasteiger partial charge on any atom is -0.467 e. The number of rotatable bonds is 6. The van der Waals surface area contributed by atoms with Gasteiger partial charge in [-0.2, -0.15) is 5.26 Å². The predicted molar refractivity (Wildman–Crippen MR) is 60.2 cm³/mol. The van der Waals surface area contributed by atoms with Gasteiger partial charge in [0, 0.05) is 19.3 Å². The lowest BCUT2D eigenvalue weighted by Crippen LogP contribution is -1.92. The van der Waals surface area contributed by atoms with E-state index in [0.29, 0.717) is 19.6 Å². The summed E-state index contributed by atoms with van der Waals surface area (Å²) in [7, 11) is 0. The molecule has 0 N–H and O–H groups in total. The molecule has 1 rings (SSSR count). The molecule has 0 aliphatic carbocycles. The van der Waals surface area contributed by atoms with Crippen LogP contribution in [0.4, 0.5) is 0 Å². The molecule has 0 aromatic carbocycles. The van der Waals surface area contributed by atoms with Crippen LogP contribution >= 0.6 is 0 Å². The third-order valence-corrected chi connectivity index (χ3v) is 1.91. The minimum absolute atomic E-state index is 0.503. The highest BCUT2D eigenvalue weighted by Crippen LogP contribution is 2.01. The van der Waals surface area contributed by atoms with Crippen molar-refractivity contribution in [3.05, 3.63) is 24.2 Å². The lowest BCUT2D eigenvalue weighted by Gasteiger charge is -1.97. The molecular formula is C13H15NO2. The Labute approximate surface area is 96.0 Å². The molecule has 0 unspecified atom stereocenters. The third kappa shape index (κ3) is 5.90. The van der Waals surface area contributed by atoms with Gasteiger partial charge in [-0.3, -0.25) is 0 Å². The van der Waals surface area contributed by atoms with E-state index in [9.17, 15) is 0 Å². The molecule has 84 valence electrons. The number of ether oxygens (including phenoxy) is 1. The van der Waals surface area contributed by atoms with E-state index < -0.39 is 0 Å². The van der Waals surface area contributed by atoms with Crippen LogP contribution in [0.1, 0.15) is 31.4 Å². The van der Waals surface area contributed by atoms with Crippen molar-refractivity contribution in [2.24, 2.45) is 0 Å². The monoisotopic (exact) mass is 217 g/mol. The fourth-order valence-electron chi connectivity index (χ4n) is 1.12. The Morgan fingerprint density at radius 1 is 1.25 bits per heavy atom. The van der Waals surface area contributed by atoms with Crippen molar-refractivity contribution in [1.29, 1.82) is 5.26 Å². The van der Waals surface area contributed by atoms with Crippen LogP contribution in [0, 0.1) is 23.2 Å². The van der Waals surface area contributed by atoms with E-state index >= 15 is 0 Å². The molecule has 1 aromatic heterocycles. The topological polar surface area (TPSA) is 46.2 Å². The number of hydrogen-bond acceptors (Lipinski definition) is 3. The first-order valence-corrected chi connectivity index (χ1v) is 5.36. The van der Waals surface area contributed by atoms with Crippen LogP contribution in [-0.4, -0.2) is 6.61 Å². The Hall–Kier alpha value is -1.71. The zero-order valence-electron chi connectivity index (χ0n) is 9.24. The summed E-state index contributed by atoms with van der Waals surface area (Å²) >= 11 is 0. The van der Waals surface area contributed by atoms with E-state index in [1.165, 1.54) is 0 Å². The van der Waals surface area contributed by atoms with E-state index in [4.69, 9.17) is 14.4 Å². The molecule has 3 nitrogen and oxygen atoms in total. The van der Waals surface area contributed by atoms with Crippen LogP contribution in [-0.2, 0) is 11.3 Å². The molecule has 0 saturated heterocycles. The second kappa shape index (κ2) is 8.59. The van der Waals surface area contributed by atoms with Crippen LogP contribution in [0.3, 0.4) is 0 Å². The van der Waals surface area contributed by atoms with Crippen molar-refractivity contribution >= 4 is 0 Å². The smallest absolute Gasteiger partial charge is 0.129 e. The summed E-state index contributed by atoms with van der Waals surface area (Å²) in [5, 5.41) is 8.30. The van der Waals surface area contributed by atoms with Crippen LogP contribution in [0.15, 0.2) is 22.8 Å². The maximum absolute atomic E-state index is 8.30. The molecule has 0 spiro atoms. The van der Waals surface area contributed by atoms with Crippen molar-refractivity contribution in [1.82, 2.24) is 0 Å². The van der Waals surface area contributed by atoms with Crippen LogP contribution in [0.2, 0.25) is 0 Å². The van der Waals surface area contributed by atoms with E-state index in [2.05, 4.69) is 17.9 Å². The van der Waals surface area contributed by atoms with Gasteiger partial charge in [-0.15, -0.1) is 11.8 Å². The number of nitrogens with zero attached hydrogens (tertiary/aromatic N) is 1. The summed E-state index contributed by atoms with van der Waals surface area (Å²) < 4.78 is 10.5. The molecule has 0 aliphatic heterocycles. The van der Waals surface area contributed by atoms with Crippen LogP contribution in [0.25, 0.3) is 0 Å². The van der Waals surface area contributed by atoms with E-state index in [0.717, 1.165) is 25.0 Å². The fraction of sp³-hybridized carbons (Fsp3) is 0.462. The lowest BCUT2D eigenvalue weighted by molar-refractivity contribution is 0.111. The van der Waals surface area contributed by atoms with Gasteiger partial charge in [-0.05, 0) is 18.6 Å². The normalized spacial score (nSPS) is 9.19. The second-order valence-corrected chi connectivity index (χ2v) is 3.25. The number of hydrogen-bond donors (Lipinski definition) is 0. The van der Waals surface area contributed by atoms with Gasteiger partial charge in [-0.25, -0.2) is 0 Å². The average molecular weight is 217 g/mol. The van der Waals surface area contributed by atoms with Crippen molar-refractivity contribution < 1.29 is 9.15 Å². The van der Waals surface area contributed by atoms with Gasteiger partial charge in [0.1, 0.15) is 12.4 Å². The molecule has 16 heavy (non-hydrogen) atoms. The van der Waals surface area contributed by atoms with Gasteiger partial charge in [0.2, 0.25) is 0 Å². The molecule has 0 radical (unpaired) electrons. The van der Waals surface area contributed by atoms with Crippen molar-refractivity contribution in [2.45, 2.75) is 32.3 Å². The van der Waals surface area contributed by atoms with Crippen molar-refractivity contribution in [3.63, 3.8) is 0 Å². The first kappa shape index (κ1) is 12.4. The van der Waals surface area contributed by atoms with E-state index in [1.54, 1.807) is 6.26 Å². The molecule has 3 heteroatoms. The zero-order chi connectivity index (χ0) is 11.5. The van der Waals surface area contributed by atoms with Gasteiger partial charge in [0.15, 0.2) is 0 Å². The predicted octanol–water partition coefficient (Wildman–Crippen LogP) is 2.88. The number of unbranched alkanes of at least 4 members (excludes halogenated alkanes) is 2. The standard InChI is InChI=1S/C13H15NO2/c14-9-5-3-1-2-4-6-10-15-12-13-8-7-11-16-13/h7-8,11H,1,3,5-6,10,12H2. The highest BCUT2D eigenvalue weighted by Gasteiger charge is 1.93. The summed E-state index contributed by atoms with van der Waals surface area (Å²) in [5.41, 5.74) is 0. The van der Waals surface area contributed by atoms with Crippen molar-refractivity contribution in [2.75, 3.05) is 6.61 Å². The molecule has 0 fully saturated rings. The molecule has 1 heterocycles. The fourth-order valence-corrected chi connectivity index (χ4v) is 1.12. The zero-order valence-corrected chi connectivity index (χ0v) is 9.24. The van der Waals surface area contributed by atoms with Gasteiger partial charge >= 0.3 is 0 Å². The SMILES string of the molecule is N#CCCCC#CCCOCc1ccco1. The van der Waals surface area contributed by atoms with Crippen molar-refractivity contribution in [3.8, 4) is 17.9 Å². The quantitative estimate of drug-likeness (QED) is 0.543. The third-order valence-electron chi connectivity index (χ3n) is 1.91. The Bertz CT molecular complexity index is 365. The maximum Gasteiger partial charge on any atom is 0.129 e. The summed E-state index contributed by atoms with van der Waals surface area (Å²) in [5.74, 6) is 6.85. The maximum atomic E-state index is 8.30. The van der Waals surface area contributed by atoms with Gasteiger partial charge in [-0.1, -0.05) is 0 Å². The highest BCUT2D eigenvalue weighted by molar-refractivity contribution is 4.99. The summed E-state index contributed by atoms with van der Waals surface area (Å²) in [6, 6.07) is 5.82. The Morgan fingerprint density at radius 2 is 2.12 bits per heavy atom. The first-order valence-electron chi connectivity index (χ1n) is 5.36. The summed E-state index contributed by atoms with van der Waals surface area (Å²) in [6.45, 7) is 1.12. The molecule has 0 atom stereocenters. The van der Waals surface area contributed by atoms with Crippen LogP contribution < -0.4 is 0 Å². The van der Waals surface area contributed by atoms with E-state index in [-0.39, 0.29) is 0 Å². The summed E-state index contributed by atoms with van der Waals surface area (Å²) in [6.07, 6.45) is 4.60. The molecule has 0 bridgehead atoms. The van der Waals surface area contributed by atoms with Crippen LogP contribution in [0.5, 0.6) is 0 Å². The highest BCUT2D eigenvalue weighted by atomic mass is 16.5. The second-order valence-electron chi connectivity index (χ2n) is 3.25. The largest absolute Gasteiger partial charge is 0.467 e. The Morgan fingerprint density at radius 3 is 2.88 bits per heavy atom. The first-order chi connectivity index (χ1) is 7.93. The van der Waals surface area contributed by atoms with Gasteiger partial charge in [0.25, 0.3) is 0 Å². The van der Waals surface area contributed by atoms with Gasteiger partial charge < -0.3 is 9.15 Å². The molecular weight excluding hydrogens is 202 g/mol. The average Bonchev–Trinajstić information content (AvgIpc) is 2.80. The lowest BCUT2D eigenvalue weighted by atomic mass is 10.2. The number of nitriles is 1. The molecule has 0 saturated carbocycles. The van der Waals surface area contributed by atoms with E-state index in [1.807, 2.05) is 12.1 Å². The minimum atomic E-state index is 0.503.